The molecule has 1 aromatic carbocycles. The van der Waals surface area contributed by atoms with Crippen molar-refractivity contribution in [2.24, 2.45) is 0 Å². The van der Waals surface area contributed by atoms with Crippen LogP contribution in [0.5, 0.6) is 0 Å². The second-order valence-corrected chi connectivity index (χ2v) is 6.43. The summed E-state index contributed by atoms with van der Waals surface area (Å²) in [6.45, 7) is 8.05. The molecule has 0 radical (unpaired) electrons. The number of carbonyl (C=O) groups is 1. The average Bonchev–Trinajstić information content (AvgIpc) is 2.86. The van der Waals surface area contributed by atoms with Crippen LogP contribution in [0.15, 0.2) is 24.3 Å². The molecule has 0 spiro atoms. The first-order chi connectivity index (χ1) is 10.1. The fraction of sp³-hybridized carbons (Fsp3) is 0.588. The van der Waals surface area contributed by atoms with Crippen molar-refractivity contribution in [2.45, 2.75) is 45.3 Å². The number of nitrogens with one attached hydrogen (secondary N) is 1. The molecule has 1 N–H and O–H groups in total. The summed E-state index contributed by atoms with van der Waals surface area (Å²) in [4.78, 5) is 16.2. The van der Waals surface area contributed by atoms with Gasteiger partial charge >= 0.3 is 0 Å². The zero-order chi connectivity index (χ0) is 14.8. The molecule has 2 fully saturated rings. The molecule has 1 amide bonds. The van der Waals surface area contributed by atoms with Crippen LogP contribution < -0.4 is 10.2 Å². The van der Waals surface area contributed by atoms with E-state index in [9.17, 15) is 4.79 Å². The molecule has 1 aromatic rings. The van der Waals surface area contributed by atoms with Gasteiger partial charge in [0.05, 0.1) is 0 Å². The van der Waals surface area contributed by atoms with Gasteiger partial charge in [0.25, 0.3) is 0 Å². The monoisotopic (exact) mass is 287 g/mol. The van der Waals surface area contributed by atoms with Crippen molar-refractivity contribution >= 4 is 11.6 Å². The first-order valence-electron chi connectivity index (χ1n) is 8.00. The molecule has 4 nitrogen and oxygen atoms in total. The van der Waals surface area contributed by atoms with Gasteiger partial charge in [0.1, 0.15) is 0 Å². The standard InChI is InChI=1S/C17H25N3O/c1-13(2)18-11-14-3-5-15(6-4-14)19-9-10-20-16(12-19)7-8-17(20)21/h3-6,13,16,18H,7-12H2,1-2H3. The summed E-state index contributed by atoms with van der Waals surface area (Å²) in [7, 11) is 0. The van der Waals surface area contributed by atoms with Crippen LogP contribution in [-0.4, -0.2) is 42.5 Å². The van der Waals surface area contributed by atoms with E-state index in [1.165, 1.54) is 11.3 Å². The van der Waals surface area contributed by atoms with Gasteiger partial charge in [-0.1, -0.05) is 26.0 Å². The Labute approximate surface area is 127 Å². The van der Waals surface area contributed by atoms with Crippen molar-refractivity contribution in [3.05, 3.63) is 29.8 Å². The Balaban J connectivity index is 1.61. The Morgan fingerprint density at radius 3 is 2.71 bits per heavy atom. The van der Waals surface area contributed by atoms with E-state index >= 15 is 0 Å². The Morgan fingerprint density at radius 1 is 1.24 bits per heavy atom. The molecule has 2 aliphatic rings. The largest absolute Gasteiger partial charge is 0.368 e. The lowest BCUT2D eigenvalue weighted by Gasteiger charge is -2.38. The van der Waals surface area contributed by atoms with Crippen molar-refractivity contribution in [1.82, 2.24) is 10.2 Å². The molecule has 2 saturated heterocycles. The molecule has 1 unspecified atom stereocenters. The van der Waals surface area contributed by atoms with Crippen molar-refractivity contribution in [3.63, 3.8) is 0 Å². The normalized spacial score (nSPS) is 22.0. The molecule has 2 heterocycles. The first kappa shape index (κ1) is 14.4. The summed E-state index contributed by atoms with van der Waals surface area (Å²) < 4.78 is 0. The number of piperazine rings is 1. The van der Waals surface area contributed by atoms with Crippen LogP contribution in [0.4, 0.5) is 5.69 Å². The summed E-state index contributed by atoms with van der Waals surface area (Å²) in [5.41, 5.74) is 2.60. The van der Waals surface area contributed by atoms with E-state index in [0.717, 1.165) is 39.0 Å². The maximum atomic E-state index is 11.7. The van der Waals surface area contributed by atoms with Gasteiger partial charge in [0, 0.05) is 50.4 Å². The van der Waals surface area contributed by atoms with E-state index in [2.05, 4.69) is 53.2 Å². The van der Waals surface area contributed by atoms with Crippen LogP contribution in [0.1, 0.15) is 32.3 Å². The van der Waals surface area contributed by atoms with Gasteiger partial charge < -0.3 is 15.1 Å². The Morgan fingerprint density at radius 2 is 2.00 bits per heavy atom. The predicted octanol–water partition coefficient (Wildman–Crippen LogP) is 2.00. The lowest BCUT2D eigenvalue weighted by atomic mass is 10.1. The van der Waals surface area contributed by atoms with Gasteiger partial charge in [-0.05, 0) is 24.1 Å². The molecule has 0 bridgehead atoms. The van der Waals surface area contributed by atoms with Crippen LogP contribution >= 0.6 is 0 Å². The molecule has 114 valence electrons. The molecule has 0 aliphatic carbocycles. The lowest BCUT2D eigenvalue weighted by molar-refractivity contribution is -0.129. The third-order valence-corrected chi connectivity index (χ3v) is 4.51. The highest BCUT2D eigenvalue weighted by Gasteiger charge is 2.35. The molecule has 0 aromatic heterocycles. The number of nitrogens with zero attached hydrogens (tertiary/aromatic N) is 2. The van der Waals surface area contributed by atoms with Gasteiger partial charge in [-0.3, -0.25) is 4.79 Å². The lowest BCUT2D eigenvalue weighted by Crippen LogP contribution is -2.51. The quantitative estimate of drug-likeness (QED) is 0.920. The molecule has 3 rings (SSSR count). The van der Waals surface area contributed by atoms with E-state index < -0.39 is 0 Å². The number of carbonyl (C=O) groups excluding carboxylic acids is 1. The number of hydrogen-bond donors (Lipinski definition) is 1. The van der Waals surface area contributed by atoms with E-state index in [1.54, 1.807) is 0 Å². The topological polar surface area (TPSA) is 35.6 Å². The maximum absolute atomic E-state index is 11.7. The number of anilines is 1. The second-order valence-electron chi connectivity index (χ2n) is 6.43. The number of rotatable bonds is 4. The summed E-state index contributed by atoms with van der Waals surface area (Å²) in [5, 5.41) is 3.44. The molecular formula is C17H25N3O. The predicted molar refractivity (Wildman–Crippen MR) is 85.4 cm³/mol. The number of hydrogen-bond acceptors (Lipinski definition) is 3. The first-order valence-corrected chi connectivity index (χ1v) is 8.00. The zero-order valence-corrected chi connectivity index (χ0v) is 13.0. The maximum Gasteiger partial charge on any atom is 0.223 e. The molecule has 0 saturated carbocycles. The van der Waals surface area contributed by atoms with Crippen LogP contribution in [-0.2, 0) is 11.3 Å². The van der Waals surface area contributed by atoms with Crippen molar-refractivity contribution in [3.8, 4) is 0 Å². The van der Waals surface area contributed by atoms with Gasteiger partial charge in [-0.25, -0.2) is 0 Å². The fourth-order valence-corrected chi connectivity index (χ4v) is 3.25. The third kappa shape index (κ3) is 3.21. The Bertz CT molecular complexity index is 497. The van der Waals surface area contributed by atoms with Gasteiger partial charge in [0.15, 0.2) is 0 Å². The zero-order valence-electron chi connectivity index (χ0n) is 13.0. The van der Waals surface area contributed by atoms with E-state index in [-0.39, 0.29) is 0 Å². The van der Waals surface area contributed by atoms with Crippen LogP contribution in [0, 0.1) is 0 Å². The average molecular weight is 287 g/mol. The molecule has 1 atom stereocenters. The summed E-state index contributed by atoms with van der Waals surface area (Å²) in [6.07, 6.45) is 1.75. The van der Waals surface area contributed by atoms with Crippen LogP contribution in [0.3, 0.4) is 0 Å². The highest BCUT2D eigenvalue weighted by atomic mass is 16.2. The molecular weight excluding hydrogens is 262 g/mol. The summed E-state index contributed by atoms with van der Waals surface area (Å²) in [5.74, 6) is 0.342. The molecule has 21 heavy (non-hydrogen) atoms. The number of amides is 1. The number of benzene rings is 1. The van der Waals surface area contributed by atoms with Crippen molar-refractivity contribution in [1.29, 1.82) is 0 Å². The Hall–Kier alpha value is -1.55. The third-order valence-electron chi connectivity index (χ3n) is 4.51. The van der Waals surface area contributed by atoms with Gasteiger partial charge in [-0.15, -0.1) is 0 Å². The smallest absolute Gasteiger partial charge is 0.223 e. The molecule has 4 heteroatoms. The second kappa shape index (κ2) is 6.06. The van der Waals surface area contributed by atoms with Crippen LogP contribution in [0.25, 0.3) is 0 Å². The highest BCUT2D eigenvalue weighted by molar-refractivity contribution is 5.79. The minimum absolute atomic E-state index is 0.342. The minimum Gasteiger partial charge on any atom is -0.368 e. The SMILES string of the molecule is CC(C)NCc1ccc(N2CCN3C(=O)CCC3C2)cc1. The summed E-state index contributed by atoms with van der Waals surface area (Å²) in [6, 6.07) is 9.77. The summed E-state index contributed by atoms with van der Waals surface area (Å²) >= 11 is 0. The number of fused-ring (bicyclic) bond motifs is 1. The minimum atomic E-state index is 0.342. The van der Waals surface area contributed by atoms with Crippen molar-refractivity contribution in [2.75, 3.05) is 24.5 Å². The fourth-order valence-electron chi connectivity index (χ4n) is 3.25. The Kier molecular flexibility index (Phi) is 4.15. The van der Waals surface area contributed by atoms with E-state index in [4.69, 9.17) is 0 Å². The van der Waals surface area contributed by atoms with Crippen molar-refractivity contribution < 1.29 is 4.79 Å². The van der Waals surface area contributed by atoms with Gasteiger partial charge in [-0.2, -0.15) is 0 Å². The van der Waals surface area contributed by atoms with Gasteiger partial charge in [0.2, 0.25) is 5.91 Å². The van der Waals surface area contributed by atoms with E-state index in [1.807, 2.05) is 0 Å². The van der Waals surface area contributed by atoms with Crippen LogP contribution in [0.2, 0.25) is 0 Å². The highest BCUT2D eigenvalue weighted by Crippen LogP contribution is 2.26. The molecule has 2 aliphatic heterocycles. The van der Waals surface area contributed by atoms with E-state index in [0.29, 0.717) is 18.0 Å².